The molecule has 132 valence electrons. The first kappa shape index (κ1) is 17.8. The molecule has 7 heteroatoms. The first-order valence-electron chi connectivity index (χ1n) is 7.84. The molecule has 2 N–H and O–H groups in total. The van der Waals surface area contributed by atoms with Gasteiger partial charge in [-0.05, 0) is 60.2 Å². The first-order valence-corrected chi connectivity index (χ1v) is 8.65. The summed E-state index contributed by atoms with van der Waals surface area (Å²) in [7, 11) is 0. The normalized spacial score (nSPS) is 15.0. The lowest BCUT2D eigenvalue weighted by atomic mass is 10.2. The van der Waals surface area contributed by atoms with Crippen LogP contribution in [0.15, 0.2) is 53.4 Å². The molecule has 26 heavy (non-hydrogen) atoms. The molecule has 1 fully saturated rings. The summed E-state index contributed by atoms with van der Waals surface area (Å²) in [5, 5.41) is 4.60. The van der Waals surface area contributed by atoms with Crippen LogP contribution in [0.5, 0.6) is 5.75 Å². The largest absolute Gasteiger partial charge is 0.484 e. The number of benzene rings is 2. The third-order valence-corrected chi connectivity index (χ3v) is 4.30. The molecular weight excluding hydrogens is 352 g/mol. The molecule has 1 aliphatic heterocycles. The fourth-order valence-corrected chi connectivity index (χ4v) is 2.98. The van der Waals surface area contributed by atoms with E-state index in [1.807, 2.05) is 31.2 Å². The Morgan fingerprint density at radius 1 is 1.19 bits per heavy atom. The van der Waals surface area contributed by atoms with E-state index in [-0.39, 0.29) is 17.8 Å². The lowest BCUT2D eigenvalue weighted by Crippen LogP contribution is -2.20. The SMILES string of the molecule is Cc1cccc(NC(=O)COc2ccc(/C=C3\SC(=O)NC3=O)cc2)c1. The van der Waals surface area contributed by atoms with Crippen LogP contribution in [0.25, 0.3) is 6.08 Å². The number of rotatable bonds is 5. The molecule has 0 unspecified atom stereocenters. The fourth-order valence-electron chi connectivity index (χ4n) is 2.30. The number of thioether (sulfide) groups is 1. The third kappa shape index (κ3) is 4.73. The van der Waals surface area contributed by atoms with Crippen molar-refractivity contribution in [1.82, 2.24) is 5.32 Å². The summed E-state index contributed by atoms with van der Waals surface area (Å²) in [6.45, 7) is 1.84. The lowest BCUT2D eigenvalue weighted by Gasteiger charge is -2.08. The van der Waals surface area contributed by atoms with Gasteiger partial charge in [0, 0.05) is 5.69 Å². The molecule has 0 spiro atoms. The summed E-state index contributed by atoms with van der Waals surface area (Å²) < 4.78 is 5.46. The van der Waals surface area contributed by atoms with Crippen molar-refractivity contribution in [2.45, 2.75) is 6.92 Å². The Hall–Kier alpha value is -3.06. The minimum absolute atomic E-state index is 0.110. The highest BCUT2D eigenvalue weighted by atomic mass is 32.2. The van der Waals surface area contributed by atoms with Gasteiger partial charge in [-0.25, -0.2) is 0 Å². The van der Waals surface area contributed by atoms with Crippen LogP contribution in [-0.4, -0.2) is 23.7 Å². The predicted molar refractivity (Wildman–Crippen MR) is 101 cm³/mol. The van der Waals surface area contributed by atoms with Gasteiger partial charge in [0.1, 0.15) is 5.75 Å². The molecule has 3 amide bonds. The van der Waals surface area contributed by atoms with Gasteiger partial charge in [-0.1, -0.05) is 24.3 Å². The minimum Gasteiger partial charge on any atom is -0.484 e. The van der Waals surface area contributed by atoms with Crippen LogP contribution in [0.1, 0.15) is 11.1 Å². The number of hydrogen-bond donors (Lipinski definition) is 2. The Morgan fingerprint density at radius 3 is 2.62 bits per heavy atom. The monoisotopic (exact) mass is 368 g/mol. The molecular formula is C19H16N2O4S. The Morgan fingerprint density at radius 2 is 1.96 bits per heavy atom. The van der Waals surface area contributed by atoms with E-state index in [9.17, 15) is 14.4 Å². The average molecular weight is 368 g/mol. The zero-order valence-corrected chi connectivity index (χ0v) is 14.8. The van der Waals surface area contributed by atoms with Gasteiger partial charge in [0.15, 0.2) is 6.61 Å². The van der Waals surface area contributed by atoms with Crippen molar-refractivity contribution in [3.63, 3.8) is 0 Å². The number of hydrogen-bond acceptors (Lipinski definition) is 5. The number of nitrogens with one attached hydrogen (secondary N) is 2. The van der Waals surface area contributed by atoms with E-state index in [4.69, 9.17) is 4.74 Å². The number of anilines is 1. The van der Waals surface area contributed by atoms with Crippen molar-refractivity contribution in [2.75, 3.05) is 11.9 Å². The quantitative estimate of drug-likeness (QED) is 0.791. The van der Waals surface area contributed by atoms with E-state index in [0.717, 1.165) is 28.6 Å². The summed E-state index contributed by atoms with van der Waals surface area (Å²) in [5.41, 5.74) is 2.54. The number of aryl methyl sites for hydroxylation is 1. The van der Waals surface area contributed by atoms with Crippen LogP contribution in [0, 0.1) is 6.92 Å². The molecule has 2 aromatic carbocycles. The molecule has 1 aliphatic rings. The second-order valence-electron chi connectivity index (χ2n) is 5.63. The predicted octanol–water partition coefficient (Wildman–Crippen LogP) is 3.34. The van der Waals surface area contributed by atoms with E-state index in [2.05, 4.69) is 10.6 Å². The van der Waals surface area contributed by atoms with E-state index in [1.165, 1.54) is 0 Å². The van der Waals surface area contributed by atoms with Crippen molar-refractivity contribution in [1.29, 1.82) is 0 Å². The van der Waals surface area contributed by atoms with Gasteiger partial charge in [0.05, 0.1) is 4.91 Å². The van der Waals surface area contributed by atoms with Crippen LogP contribution < -0.4 is 15.4 Å². The number of carbonyl (C=O) groups is 3. The van der Waals surface area contributed by atoms with Crippen LogP contribution in [-0.2, 0) is 9.59 Å². The van der Waals surface area contributed by atoms with Crippen LogP contribution >= 0.6 is 11.8 Å². The highest BCUT2D eigenvalue weighted by Gasteiger charge is 2.24. The molecule has 1 saturated heterocycles. The van der Waals surface area contributed by atoms with Crippen LogP contribution in [0.4, 0.5) is 10.5 Å². The Kier molecular flexibility index (Phi) is 5.38. The van der Waals surface area contributed by atoms with Gasteiger partial charge in [0.25, 0.3) is 17.1 Å². The molecule has 0 aromatic heterocycles. The third-order valence-electron chi connectivity index (χ3n) is 3.49. The second-order valence-corrected chi connectivity index (χ2v) is 6.64. The van der Waals surface area contributed by atoms with Gasteiger partial charge in [-0.2, -0.15) is 0 Å². The number of amides is 3. The topological polar surface area (TPSA) is 84.5 Å². The van der Waals surface area contributed by atoms with Crippen molar-refractivity contribution in [2.24, 2.45) is 0 Å². The van der Waals surface area contributed by atoms with Gasteiger partial charge < -0.3 is 10.1 Å². The molecule has 3 rings (SSSR count). The summed E-state index contributed by atoms with van der Waals surface area (Å²) >= 11 is 0.866. The first-order chi connectivity index (χ1) is 12.5. The van der Waals surface area contributed by atoms with Crippen LogP contribution in [0.2, 0.25) is 0 Å². The molecule has 0 atom stereocenters. The maximum absolute atomic E-state index is 11.9. The van der Waals surface area contributed by atoms with E-state index >= 15 is 0 Å². The smallest absolute Gasteiger partial charge is 0.290 e. The fraction of sp³-hybridized carbons (Fsp3) is 0.105. The van der Waals surface area contributed by atoms with E-state index in [0.29, 0.717) is 10.7 Å². The maximum Gasteiger partial charge on any atom is 0.290 e. The number of carbonyl (C=O) groups excluding carboxylic acids is 3. The standard InChI is InChI=1S/C19H16N2O4S/c1-12-3-2-4-14(9-12)20-17(22)11-25-15-7-5-13(6-8-15)10-16-18(23)21-19(24)26-16/h2-10H,11H2,1H3,(H,20,22)(H,21,23,24)/b16-10-. The van der Waals surface area contributed by atoms with E-state index in [1.54, 1.807) is 30.3 Å². The summed E-state index contributed by atoms with van der Waals surface area (Å²) in [6.07, 6.45) is 1.62. The van der Waals surface area contributed by atoms with Gasteiger partial charge in [0.2, 0.25) is 0 Å². The lowest BCUT2D eigenvalue weighted by molar-refractivity contribution is -0.118. The summed E-state index contributed by atoms with van der Waals surface area (Å²) in [6, 6.07) is 14.4. The second kappa shape index (κ2) is 7.88. The highest BCUT2D eigenvalue weighted by molar-refractivity contribution is 8.18. The number of ether oxygens (including phenoxy) is 1. The van der Waals surface area contributed by atoms with Gasteiger partial charge in [-0.15, -0.1) is 0 Å². The molecule has 6 nitrogen and oxygen atoms in total. The van der Waals surface area contributed by atoms with Crippen molar-refractivity contribution in [3.05, 3.63) is 64.6 Å². The minimum atomic E-state index is -0.395. The Bertz CT molecular complexity index is 891. The molecule has 0 aliphatic carbocycles. The van der Waals surface area contributed by atoms with Crippen molar-refractivity contribution < 1.29 is 19.1 Å². The molecule has 1 heterocycles. The highest BCUT2D eigenvalue weighted by Crippen LogP contribution is 2.26. The maximum atomic E-state index is 11.9. The average Bonchev–Trinajstić information content (AvgIpc) is 2.91. The Balaban J connectivity index is 1.54. The zero-order chi connectivity index (χ0) is 18.5. The summed E-state index contributed by atoms with van der Waals surface area (Å²) in [5.74, 6) is -0.112. The van der Waals surface area contributed by atoms with Gasteiger partial charge in [-0.3, -0.25) is 19.7 Å². The molecule has 0 radical (unpaired) electrons. The molecule has 2 aromatic rings. The zero-order valence-electron chi connectivity index (χ0n) is 13.9. The molecule has 0 saturated carbocycles. The van der Waals surface area contributed by atoms with Crippen molar-refractivity contribution in [3.8, 4) is 5.75 Å². The van der Waals surface area contributed by atoms with Gasteiger partial charge >= 0.3 is 0 Å². The summed E-state index contributed by atoms with van der Waals surface area (Å²) in [4.78, 5) is 34.9. The molecule has 0 bridgehead atoms. The van der Waals surface area contributed by atoms with E-state index < -0.39 is 5.91 Å². The number of imide groups is 1. The van der Waals surface area contributed by atoms with Crippen LogP contribution in [0.3, 0.4) is 0 Å². The Labute approximate surface area is 154 Å². The van der Waals surface area contributed by atoms with Crippen molar-refractivity contribution >= 4 is 40.6 Å².